The Balaban J connectivity index is 3.19. The zero-order chi connectivity index (χ0) is 16.4. The van der Waals surface area contributed by atoms with Crippen LogP contribution in [0.2, 0.25) is 10.0 Å². The summed E-state index contributed by atoms with van der Waals surface area (Å²) in [6.07, 6.45) is -0.478. The van der Waals surface area contributed by atoms with Crippen LogP contribution in [0.25, 0.3) is 0 Å². The van der Waals surface area contributed by atoms with E-state index in [1.54, 1.807) is 6.92 Å². The molecule has 0 aromatic heterocycles. The maximum Gasteiger partial charge on any atom is 0.337 e. The summed E-state index contributed by atoms with van der Waals surface area (Å²) in [5.41, 5.74) is -0.357. The highest BCUT2D eigenvalue weighted by Gasteiger charge is 2.24. The van der Waals surface area contributed by atoms with Crippen molar-refractivity contribution >= 4 is 39.2 Å². The van der Waals surface area contributed by atoms with E-state index in [9.17, 15) is 18.3 Å². The first-order valence-corrected chi connectivity index (χ1v) is 8.21. The molecule has 21 heavy (non-hydrogen) atoms. The molecule has 9 heteroatoms. The van der Waals surface area contributed by atoms with Crippen LogP contribution in [0.4, 0.5) is 0 Å². The Hall–Kier alpha value is -0.860. The highest BCUT2D eigenvalue weighted by atomic mass is 35.5. The van der Waals surface area contributed by atoms with Crippen LogP contribution in [-0.4, -0.2) is 36.7 Å². The van der Waals surface area contributed by atoms with E-state index < -0.39 is 28.1 Å². The minimum absolute atomic E-state index is 0.150. The van der Waals surface area contributed by atoms with Gasteiger partial charge in [0.25, 0.3) is 0 Å². The Labute approximate surface area is 132 Å². The van der Waals surface area contributed by atoms with E-state index in [-0.39, 0.29) is 26.9 Å². The molecule has 2 unspecified atom stereocenters. The number of aromatic carboxylic acids is 1. The molecule has 3 N–H and O–H groups in total. The molecule has 0 amide bonds. The van der Waals surface area contributed by atoms with Crippen molar-refractivity contribution in [1.29, 1.82) is 0 Å². The molecule has 0 saturated carbocycles. The fourth-order valence-corrected chi connectivity index (χ4v) is 3.90. The molecule has 2 atom stereocenters. The summed E-state index contributed by atoms with van der Waals surface area (Å²) in [7, 11) is -4.02. The quantitative estimate of drug-likeness (QED) is 0.724. The summed E-state index contributed by atoms with van der Waals surface area (Å²) in [6, 6.07) is 1.43. The van der Waals surface area contributed by atoms with Crippen molar-refractivity contribution in [3.8, 4) is 0 Å². The van der Waals surface area contributed by atoms with E-state index in [4.69, 9.17) is 28.3 Å². The molecule has 0 heterocycles. The lowest BCUT2D eigenvalue weighted by molar-refractivity contribution is 0.0697. The van der Waals surface area contributed by atoms with E-state index >= 15 is 0 Å². The van der Waals surface area contributed by atoms with Gasteiger partial charge in [0.2, 0.25) is 10.0 Å². The molecule has 1 aromatic rings. The lowest BCUT2D eigenvalue weighted by atomic mass is 10.2. The molecule has 0 spiro atoms. The summed E-state index contributed by atoms with van der Waals surface area (Å²) in [4.78, 5) is 10.6. The first-order chi connectivity index (χ1) is 9.54. The smallest absolute Gasteiger partial charge is 0.337 e. The van der Waals surface area contributed by atoms with Gasteiger partial charge in [-0.15, -0.1) is 0 Å². The summed E-state index contributed by atoms with van der Waals surface area (Å²) < 4.78 is 26.8. The monoisotopic (exact) mass is 355 g/mol. The fraction of sp³-hybridized carbons (Fsp3) is 0.417. The molecular weight excluding hydrogens is 341 g/mol. The number of hydrogen-bond acceptors (Lipinski definition) is 4. The molecule has 0 aliphatic rings. The van der Waals surface area contributed by atoms with E-state index in [1.165, 1.54) is 6.92 Å². The van der Waals surface area contributed by atoms with Gasteiger partial charge in [0.1, 0.15) is 4.90 Å². The second-order valence-electron chi connectivity index (χ2n) is 4.67. The summed E-state index contributed by atoms with van der Waals surface area (Å²) in [5, 5.41) is 17.9. The van der Waals surface area contributed by atoms with Crippen molar-refractivity contribution in [2.24, 2.45) is 0 Å². The van der Waals surface area contributed by atoms with E-state index in [0.29, 0.717) is 0 Å². The van der Waals surface area contributed by atoms with Crippen molar-refractivity contribution < 1.29 is 23.4 Å². The van der Waals surface area contributed by atoms with Crippen LogP contribution < -0.4 is 4.72 Å². The van der Waals surface area contributed by atoms with Gasteiger partial charge < -0.3 is 10.2 Å². The molecule has 0 fully saturated rings. The first-order valence-electron chi connectivity index (χ1n) is 5.97. The number of sulfonamides is 1. The molecule has 0 bridgehead atoms. The fourth-order valence-electron chi connectivity index (χ4n) is 1.79. The van der Waals surface area contributed by atoms with Crippen molar-refractivity contribution in [1.82, 2.24) is 4.72 Å². The third-order valence-corrected chi connectivity index (χ3v) is 4.96. The molecule has 0 radical (unpaired) electrons. The Morgan fingerprint density at radius 3 is 2.33 bits per heavy atom. The average molecular weight is 356 g/mol. The number of carbonyl (C=O) groups is 1. The Morgan fingerprint density at radius 1 is 1.29 bits per heavy atom. The molecule has 0 saturated heterocycles. The number of hydrogen-bond donors (Lipinski definition) is 3. The lowest BCUT2D eigenvalue weighted by Gasteiger charge is -2.16. The summed E-state index contributed by atoms with van der Waals surface area (Å²) >= 11 is 11.5. The largest absolute Gasteiger partial charge is 0.478 e. The molecular formula is C12H15Cl2NO5S. The van der Waals surface area contributed by atoms with E-state index in [1.807, 2.05) is 0 Å². The predicted molar refractivity (Wildman–Crippen MR) is 79.5 cm³/mol. The van der Waals surface area contributed by atoms with E-state index in [2.05, 4.69) is 4.72 Å². The number of nitrogens with one attached hydrogen (secondary N) is 1. The van der Waals surface area contributed by atoms with Crippen LogP contribution in [0, 0.1) is 0 Å². The third kappa shape index (κ3) is 4.82. The van der Waals surface area contributed by atoms with Gasteiger partial charge >= 0.3 is 5.97 Å². The van der Waals surface area contributed by atoms with Crippen molar-refractivity contribution in [2.45, 2.75) is 37.3 Å². The van der Waals surface area contributed by atoms with E-state index in [0.717, 1.165) is 12.1 Å². The van der Waals surface area contributed by atoms with Crippen LogP contribution in [0.5, 0.6) is 0 Å². The van der Waals surface area contributed by atoms with Crippen molar-refractivity contribution in [2.75, 3.05) is 0 Å². The van der Waals surface area contributed by atoms with Gasteiger partial charge in [-0.1, -0.05) is 23.2 Å². The zero-order valence-electron chi connectivity index (χ0n) is 11.3. The van der Waals surface area contributed by atoms with Crippen LogP contribution in [-0.2, 0) is 10.0 Å². The predicted octanol–water partition coefficient (Wildman–Crippen LogP) is 2.13. The van der Waals surface area contributed by atoms with Crippen LogP contribution in [0.3, 0.4) is 0 Å². The highest BCUT2D eigenvalue weighted by molar-refractivity contribution is 7.89. The van der Waals surface area contributed by atoms with Gasteiger partial charge in [0, 0.05) is 6.04 Å². The average Bonchev–Trinajstić information content (AvgIpc) is 2.25. The minimum Gasteiger partial charge on any atom is -0.478 e. The van der Waals surface area contributed by atoms with Gasteiger partial charge in [0.05, 0.1) is 21.7 Å². The number of aliphatic hydroxyl groups excluding tert-OH is 1. The standard InChI is InChI=1S/C12H15Cl2NO5S/c1-6(3-7(2)16)15-21(19,20)11-4-8(12(17)18)9(13)5-10(11)14/h4-7,15-16H,3H2,1-2H3,(H,17,18). The number of benzene rings is 1. The SMILES string of the molecule is CC(O)CC(C)NS(=O)(=O)c1cc(C(=O)O)c(Cl)cc1Cl. The lowest BCUT2D eigenvalue weighted by Crippen LogP contribution is -2.34. The summed E-state index contributed by atoms with van der Waals surface area (Å²) in [6.45, 7) is 3.11. The Kier molecular flexibility index (Phi) is 6.01. The van der Waals surface area contributed by atoms with Crippen LogP contribution in [0.15, 0.2) is 17.0 Å². The van der Waals surface area contributed by atoms with Gasteiger partial charge in [-0.2, -0.15) is 0 Å². The van der Waals surface area contributed by atoms with Crippen LogP contribution >= 0.6 is 23.2 Å². The maximum absolute atomic E-state index is 12.2. The van der Waals surface area contributed by atoms with Gasteiger partial charge in [-0.3, -0.25) is 0 Å². The number of carboxylic acid groups (broad SMARTS) is 1. The number of rotatable bonds is 6. The molecule has 1 rings (SSSR count). The Morgan fingerprint density at radius 2 is 1.86 bits per heavy atom. The number of aliphatic hydroxyl groups is 1. The van der Waals surface area contributed by atoms with Crippen molar-refractivity contribution in [3.05, 3.63) is 27.7 Å². The topological polar surface area (TPSA) is 104 Å². The van der Waals surface area contributed by atoms with Crippen molar-refractivity contribution in [3.63, 3.8) is 0 Å². The first kappa shape index (κ1) is 18.2. The third-order valence-electron chi connectivity index (χ3n) is 2.59. The second-order valence-corrected chi connectivity index (χ2v) is 7.17. The molecule has 0 aliphatic heterocycles. The van der Waals surface area contributed by atoms with Crippen LogP contribution in [0.1, 0.15) is 30.6 Å². The number of halogens is 2. The number of carboxylic acids is 1. The van der Waals surface area contributed by atoms with Gasteiger partial charge in [0.15, 0.2) is 0 Å². The molecule has 1 aromatic carbocycles. The highest BCUT2D eigenvalue weighted by Crippen LogP contribution is 2.29. The summed E-state index contributed by atoms with van der Waals surface area (Å²) in [5.74, 6) is -1.36. The normalized spacial score (nSPS) is 14.7. The minimum atomic E-state index is -4.02. The zero-order valence-corrected chi connectivity index (χ0v) is 13.6. The maximum atomic E-state index is 12.2. The Bertz CT molecular complexity index is 645. The van der Waals surface area contributed by atoms with Gasteiger partial charge in [-0.05, 0) is 32.4 Å². The van der Waals surface area contributed by atoms with Gasteiger partial charge in [-0.25, -0.2) is 17.9 Å². The molecule has 0 aliphatic carbocycles. The second kappa shape index (κ2) is 6.93. The molecule has 6 nitrogen and oxygen atoms in total. The molecule has 118 valence electrons.